The van der Waals surface area contributed by atoms with Crippen molar-refractivity contribution in [3.8, 4) is 11.3 Å². The first-order valence-electron chi connectivity index (χ1n) is 9.54. The van der Waals surface area contributed by atoms with Gasteiger partial charge >= 0.3 is 0 Å². The third-order valence-corrected chi connectivity index (χ3v) is 5.28. The third kappa shape index (κ3) is 2.58. The van der Waals surface area contributed by atoms with E-state index in [9.17, 15) is 4.39 Å². The van der Waals surface area contributed by atoms with Crippen LogP contribution in [-0.4, -0.2) is 4.98 Å². The molecular formula is C25H20FNO. The van der Waals surface area contributed by atoms with Crippen LogP contribution in [0.15, 0.2) is 65.1 Å². The largest absolute Gasteiger partial charge is 0.455 e. The Balaban J connectivity index is 1.94. The van der Waals surface area contributed by atoms with Crippen LogP contribution >= 0.6 is 0 Å². The molecule has 5 aromatic rings. The summed E-state index contributed by atoms with van der Waals surface area (Å²) in [6.45, 7) is 6.31. The highest BCUT2D eigenvalue weighted by Gasteiger charge is 2.18. The Labute approximate surface area is 162 Å². The minimum atomic E-state index is -0.263. The lowest BCUT2D eigenvalue weighted by Crippen LogP contribution is -1.97. The SMILES string of the molecule is Cc1cc(-c2nc(C(C)C)cc3ccc(F)cc23)c2oc3ccccc3c2c1. The van der Waals surface area contributed by atoms with Crippen LogP contribution in [0, 0.1) is 12.7 Å². The minimum Gasteiger partial charge on any atom is -0.455 e. The van der Waals surface area contributed by atoms with Gasteiger partial charge < -0.3 is 4.42 Å². The van der Waals surface area contributed by atoms with Crippen LogP contribution in [0.2, 0.25) is 0 Å². The fraction of sp³-hybridized carbons (Fsp3) is 0.160. The van der Waals surface area contributed by atoms with Gasteiger partial charge in [0, 0.05) is 27.4 Å². The molecule has 0 saturated heterocycles. The number of furan rings is 1. The zero-order valence-corrected chi connectivity index (χ0v) is 16.1. The van der Waals surface area contributed by atoms with Crippen molar-refractivity contribution in [1.29, 1.82) is 0 Å². The Kier molecular flexibility index (Phi) is 3.73. The maximum Gasteiger partial charge on any atom is 0.144 e. The van der Waals surface area contributed by atoms with Crippen LogP contribution in [0.4, 0.5) is 4.39 Å². The van der Waals surface area contributed by atoms with Crippen molar-refractivity contribution in [2.45, 2.75) is 26.7 Å². The van der Waals surface area contributed by atoms with Crippen LogP contribution in [0.5, 0.6) is 0 Å². The number of aromatic nitrogens is 1. The molecule has 0 radical (unpaired) electrons. The average molecular weight is 369 g/mol. The molecule has 2 heterocycles. The molecule has 0 aliphatic carbocycles. The summed E-state index contributed by atoms with van der Waals surface area (Å²) in [7, 11) is 0. The van der Waals surface area contributed by atoms with Crippen molar-refractivity contribution in [3.63, 3.8) is 0 Å². The molecular weight excluding hydrogens is 349 g/mol. The molecule has 28 heavy (non-hydrogen) atoms. The minimum absolute atomic E-state index is 0.263. The molecule has 2 aromatic heterocycles. The molecule has 0 bridgehead atoms. The highest BCUT2D eigenvalue weighted by atomic mass is 19.1. The zero-order chi connectivity index (χ0) is 19.4. The molecule has 0 aliphatic heterocycles. The van der Waals surface area contributed by atoms with Crippen LogP contribution in [-0.2, 0) is 0 Å². The monoisotopic (exact) mass is 369 g/mol. The molecule has 3 aromatic carbocycles. The lowest BCUT2D eigenvalue weighted by atomic mass is 9.97. The van der Waals surface area contributed by atoms with Gasteiger partial charge in [0.05, 0.1) is 5.69 Å². The maximum absolute atomic E-state index is 14.1. The lowest BCUT2D eigenvalue weighted by molar-refractivity contribution is 0.629. The predicted octanol–water partition coefficient (Wildman–Crippen LogP) is 7.37. The second-order valence-corrected chi connectivity index (χ2v) is 7.70. The van der Waals surface area contributed by atoms with E-state index in [-0.39, 0.29) is 11.7 Å². The molecule has 3 heteroatoms. The Morgan fingerprint density at radius 3 is 2.54 bits per heavy atom. The molecule has 2 nitrogen and oxygen atoms in total. The van der Waals surface area contributed by atoms with E-state index >= 15 is 0 Å². The van der Waals surface area contributed by atoms with Gasteiger partial charge in [0.1, 0.15) is 17.0 Å². The quantitative estimate of drug-likeness (QED) is 0.324. The van der Waals surface area contributed by atoms with E-state index in [4.69, 9.17) is 9.40 Å². The summed E-state index contributed by atoms with van der Waals surface area (Å²) in [5.41, 5.74) is 5.43. The van der Waals surface area contributed by atoms with Crippen molar-refractivity contribution in [1.82, 2.24) is 4.98 Å². The predicted molar refractivity (Wildman–Crippen MR) is 113 cm³/mol. The highest BCUT2D eigenvalue weighted by Crippen LogP contribution is 2.39. The van der Waals surface area contributed by atoms with Crippen molar-refractivity contribution in [2.75, 3.05) is 0 Å². The molecule has 0 N–H and O–H groups in total. The zero-order valence-electron chi connectivity index (χ0n) is 16.1. The van der Waals surface area contributed by atoms with Crippen molar-refractivity contribution < 1.29 is 8.81 Å². The third-order valence-electron chi connectivity index (χ3n) is 5.28. The van der Waals surface area contributed by atoms with E-state index < -0.39 is 0 Å². The second-order valence-electron chi connectivity index (χ2n) is 7.70. The van der Waals surface area contributed by atoms with E-state index in [0.717, 1.165) is 55.2 Å². The van der Waals surface area contributed by atoms with E-state index in [1.165, 1.54) is 6.07 Å². The molecule has 0 spiro atoms. The van der Waals surface area contributed by atoms with E-state index in [1.54, 1.807) is 6.07 Å². The van der Waals surface area contributed by atoms with E-state index in [0.29, 0.717) is 0 Å². The first-order valence-corrected chi connectivity index (χ1v) is 9.54. The van der Waals surface area contributed by atoms with Gasteiger partial charge in [0.15, 0.2) is 0 Å². The number of aryl methyl sites for hydroxylation is 1. The molecule has 0 saturated carbocycles. The summed E-state index contributed by atoms with van der Waals surface area (Å²) in [6.07, 6.45) is 0. The van der Waals surface area contributed by atoms with Gasteiger partial charge in [-0.2, -0.15) is 0 Å². The molecule has 138 valence electrons. The fourth-order valence-electron chi connectivity index (χ4n) is 3.89. The highest BCUT2D eigenvalue weighted by molar-refractivity contribution is 6.11. The summed E-state index contributed by atoms with van der Waals surface area (Å²) >= 11 is 0. The van der Waals surface area contributed by atoms with E-state index in [1.807, 2.05) is 24.3 Å². The number of halogens is 1. The summed E-state index contributed by atoms with van der Waals surface area (Å²) < 4.78 is 20.3. The number of benzene rings is 3. The number of nitrogens with zero attached hydrogens (tertiary/aromatic N) is 1. The van der Waals surface area contributed by atoms with Crippen LogP contribution in [0.3, 0.4) is 0 Å². The van der Waals surface area contributed by atoms with Gasteiger partial charge in [-0.25, -0.2) is 4.39 Å². The van der Waals surface area contributed by atoms with Crippen molar-refractivity contribution >= 4 is 32.7 Å². The summed E-state index contributed by atoms with van der Waals surface area (Å²) in [5.74, 6) is 0.00512. The number of fused-ring (bicyclic) bond motifs is 4. The molecule has 0 aliphatic rings. The molecule has 0 amide bonds. The van der Waals surface area contributed by atoms with E-state index in [2.05, 4.69) is 45.0 Å². The Hall–Kier alpha value is -3.20. The first kappa shape index (κ1) is 16.9. The Morgan fingerprint density at radius 2 is 1.71 bits per heavy atom. The lowest BCUT2D eigenvalue weighted by Gasteiger charge is -2.13. The maximum atomic E-state index is 14.1. The molecule has 5 rings (SSSR count). The van der Waals surface area contributed by atoms with Crippen molar-refractivity contribution in [2.24, 2.45) is 0 Å². The first-order chi connectivity index (χ1) is 13.5. The number of pyridine rings is 1. The normalized spacial score (nSPS) is 11.9. The van der Waals surface area contributed by atoms with Gasteiger partial charge in [-0.15, -0.1) is 0 Å². The van der Waals surface area contributed by atoms with Crippen LogP contribution < -0.4 is 0 Å². The molecule has 0 fully saturated rings. The summed E-state index contributed by atoms with van der Waals surface area (Å²) in [6, 6.07) is 19.2. The van der Waals surface area contributed by atoms with Gasteiger partial charge in [-0.3, -0.25) is 4.98 Å². The number of para-hydroxylation sites is 1. The van der Waals surface area contributed by atoms with Gasteiger partial charge in [-0.1, -0.05) is 38.1 Å². The van der Waals surface area contributed by atoms with Crippen molar-refractivity contribution in [3.05, 3.63) is 77.7 Å². The summed E-state index contributed by atoms with van der Waals surface area (Å²) in [5, 5.41) is 3.93. The average Bonchev–Trinajstić information content (AvgIpc) is 3.05. The van der Waals surface area contributed by atoms with Gasteiger partial charge in [-0.05, 0) is 60.2 Å². The smallest absolute Gasteiger partial charge is 0.144 e. The molecule has 0 atom stereocenters. The summed E-state index contributed by atoms with van der Waals surface area (Å²) in [4.78, 5) is 4.95. The Morgan fingerprint density at radius 1 is 0.893 bits per heavy atom. The van der Waals surface area contributed by atoms with Gasteiger partial charge in [0.2, 0.25) is 0 Å². The standard InChI is InChI=1S/C25H20FNO/c1-14(2)22-12-16-8-9-17(26)13-19(16)24(27-22)21-11-15(3)10-20-18-6-4-5-7-23(18)28-25(20)21/h4-14H,1-3H3. The number of rotatable bonds is 2. The second kappa shape index (κ2) is 6.16. The topological polar surface area (TPSA) is 26.0 Å². The van der Waals surface area contributed by atoms with Crippen LogP contribution in [0.1, 0.15) is 31.0 Å². The number of hydrogen-bond donors (Lipinski definition) is 0. The van der Waals surface area contributed by atoms with Crippen LogP contribution in [0.25, 0.3) is 44.0 Å². The number of hydrogen-bond acceptors (Lipinski definition) is 2. The molecule has 0 unspecified atom stereocenters. The van der Waals surface area contributed by atoms with Gasteiger partial charge in [0.25, 0.3) is 0 Å². The Bertz CT molecular complexity index is 1360. The fourth-order valence-corrected chi connectivity index (χ4v) is 3.89.